The van der Waals surface area contributed by atoms with Crippen LogP contribution in [0.5, 0.6) is 5.75 Å². The molecule has 1 aliphatic carbocycles. The molecule has 3 aromatic rings. The van der Waals surface area contributed by atoms with E-state index in [0.717, 1.165) is 12.8 Å². The number of amides is 1. The lowest BCUT2D eigenvalue weighted by molar-refractivity contribution is -0.122. The molecule has 0 heterocycles. The lowest BCUT2D eigenvalue weighted by atomic mass is 9.92. The molecule has 4 rings (SSSR count). The van der Waals surface area contributed by atoms with E-state index in [1.54, 1.807) is 43.3 Å². The fourth-order valence-corrected chi connectivity index (χ4v) is 3.81. The van der Waals surface area contributed by atoms with E-state index in [2.05, 4.69) is 11.4 Å². The predicted octanol–water partition coefficient (Wildman–Crippen LogP) is 5.20. The van der Waals surface area contributed by atoms with Gasteiger partial charge in [-0.25, -0.2) is 0 Å². The minimum absolute atomic E-state index is 0.130. The number of fused-ring (bicyclic) bond motifs is 1. The molecule has 0 aliphatic heterocycles. The number of carbonyl (C=O) groups excluding carboxylic acids is 2. The molecule has 152 valence electrons. The second-order valence-corrected chi connectivity index (χ2v) is 7.63. The van der Waals surface area contributed by atoms with E-state index in [9.17, 15) is 9.59 Å². The number of hydrogen-bond acceptors (Lipinski definition) is 3. The van der Waals surface area contributed by atoms with E-state index in [-0.39, 0.29) is 11.7 Å². The van der Waals surface area contributed by atoms with Gasteiger partial charge < -0.3 is 10.1 Å². The third-order valence-electron chi connectivity index (χ3n) is 5.47. The molecule has 1 aliphatic rings. The SMILES string of the molecule is C[C@H](Oc1ccc2c(c1)CCCC2)C(=O)Nc1ccccc1C(=O)c1ccccc1. The van der Waals surface area contributed by atoms with Crippen molar-refractivity contribution in [1.82, 2.24) is 0 Å². The molecular formula is C26H25NO3. The van der Waals surface area contributed by atoms with Crippen LogP contribution < -0.4 is 10.1 Å². The average molecular weight is 399 g/mol. The van der Waals surface area contributed by atoms with E-state index in [0.29, 0.717) is 22.6 Å². The van der Waals surface area contributed by atoms with E-state index < -0.39 is 6.10 Å². The Morgan fingerprint density at radius 3 is 2.37 bits per heavy atom. The van der Waals surface area contributed by atoms with Crippen molar-refractivity contribution in [2.45, 2.75) is 38.7 Å². The fraction of sp³-hybridized carbons (Fsp3) is 0.231. The minimum Gasteiger partial charge on any atom is -0.481 e. The van der Waals surface area contributed by atoms with Crippen LogP contribution in [0.15, 0.2) is 72.8 Å². The molecule has 4 heteroatoms. The van der Waals surface area contributed by atoms with Crippen molar-refractivity contribution in [3.05, 3.63) is 95.1 Å². The number of aryl methyl sites for hydroxylation is 2. The molecule has 30 heavy (non-hydrogen) atoms. The molecule has 1 atom stereocenters. The molecule has 0 saturated heterocycles. The van der Waals surface area contributed by atoms with Gasteiger partial charge >= 0.3 is 0 Å². The van der Waals surface area contributed by atoms with Crippen LogP contribution in [0.25, 0.3) is 0 Å². The van der Waals surface area contributed by atoms with Crippen molar-refractivity contribution in [3.63, 3.8) is 0 Å². The first kappa shape index (κ1) is 19.9. The quantitative estimate of drug-likeness (QED) is 0.580. The Balaban J connectivity index is 1.47. The highest BCUT2D eigenvalue weighted by Gasteiger charge is 2.20. The zero-order valence-electron chi connectivity index (χ0n) is 17.1. The normalized spacial score (nSPS) is 13.8. The predicted molar refractivity (Wildman–Crippen MR) is 118 cm³/mol. The van der Waals surface area contributed by atoms with Gasteiger partial charge in [0.05, 0.1) is 5.69 Å². The van der Waals surface area contributed by atoms with Crippen molar-refractivity contribution < 1.29 is 14.3 Å². The first-order valence-corrected chi connectivity index (χ1v) is 10.4. The van der Waals surface area contributed by atoms with Crippen molar-refractivity contribution in [2.24, 2.45) is 0 Å². The van der Waals surface area contributed by atoms with Crippen LogP contribution in [0, 0.1) is 0 Å². The van der Waals surface area contributed by atoms with Crippen molar-refractivity contribution >= 4 is 17.4 Å². The van der Waals surface area contributed by atoms with Crippen LogP contribution in [0.1, 0.15) is 46.8 Å². The van der Waals surface area contributed by atoms with Gasteiger partial charge in [0.15, 0.2) is 11.9 Å². The summed E-state index contributed by atoms with van der Waals surface area (Å²) >= 11 is 0. The number of hydrogen-bond donors (Lipinski definition) is 1. The lowest BCUT2D eigenvalue weighted by Gasteiger charge is -2.19. The molecule has 0 saturated carbocycles. The van der Waals surface area contributed by atoms with Crippen LogP contribution in [0.2, 0.25) is 0 Å². The smallest absolute Gasteiger partial charge is 0.265 e. The summed E-state index contributed by atoms with van der Waals surface area (Å²) in [5.74, 6) is 0.280. The molecule has 4 nitrogen and oxygen atoms in total. The Labute approximate surface area is 176 Å². The summed E-state index contributed by atoms with van der Waals surface area (Å²) in [5, 5.41) is 2.86. The van der Waals surface area contributed by atoms with E-state index in [1.807, 2.05) is 30.3 Å². The zero-order valence-corrected chi connectivity index (χ0v) is 17.1. The molecule has 1 N–H and O–H groups in total. The minimum atomic E-state index is -0.688. The largest absolute Gasteiger partial charge is 0.481 e. The number of para-hydroxylation sites is 1. The summed E-state index contributed by atoms with van der Waals surface area (Å²) in [6, 6.07) is 22.2. The molecule has 0 bridgehead atoms. The van der Waals surface area contributed by atoms with Crippen LogP contribution in [-0.4, -0.2) is 17.8 Å². The first-order chi connectivity index (χ1) is 14.6. The Bertz CT molecular complexity index is 1060. The number of carbonyl (C=O) groups is 2. The number of ketones is 1. The maximum atomic E-state index is 12.9. The molecule has 0 fully saturated rings. The van der Waals surface area contributed by atoms with Crippen molar-refractivity contribution in [1.29, 1.82) is 0 Å². The zero-order chi connectivity index (χ0) is 20.9. The van der Waals surface area contributed by atoms with Crippen LogP contribution >= 0.6 is 0 Å². The second kappa shape index (κ2) is 8.95. The number of anilines is 1. The molecular weight excluding hydrogens is 374 g/mol. The Hall–Kier alpha value is -3.40. The Kier molecular flexibility index (Phi) is 5.94. The molecule has 0 radical (unpaired) electrons. The maximum Gasteiger partial charge on any atom is 0.265 e. The molecule has 0 unspecified atom stereocenters. The third-order valence-corrected chi connectivity index (χ3v) is 5.47. The average Bonchev–Trinajstić information content (AvgIpc) is 2.79. The van der Waals surface area contributed by atoms with Gasteiger partial charge in [-0.2, -0.15) is 0 Å². The van der Waals surface area contributed by atoms with Gasteiger partial charge in [-0.15, -0.1) is 0 Å². The number of rotatable bonds is 6. The van der Waals surface area contributed by atoms with Gasteiger partial charge in [0.25, 0.3) is 5.91 Å². The van der Waals surface area contributed by atoms with Gasteiger partial charge in [0.2, 0.25) is 0 Å². The lowest BCUT2D eigenvalue weighted by Crippen LogP contribution is -2.30. The maximum absolute atomic E-state index is 12.9. The van der Waals surface area contributed by atoms with Gasteiger partial charge in [0.1, 0.15) is 5.75 Å². The molecule has 0 spiro atoms. The first-order valence-electron chi connectivity index (χ1n) is 10.4. The van der Waals surface area contributed by atoms with Crippen LogP contribution in [0.4, 0.5) is 5.69 Å². The van der Waals surface area contributed by atoms with Gasteiger partial charge in [-0.05, 0) is 68.0 Å². The van der Waals surface area contributed by atoms with Crippen LogP contribution in [0.3, 0.4) is 0 Å². The summed E-state index contributed by atoms with van der Waals surface area (Å²) in [6.07, 6.45) is 3.90. The van der Waals surface area contributed by atoms with Gasteiger partial charge in [-0.1, -0.05) is 48.5 Å². The number of nitrogens with one attached hydrogen (secondary N) is 1. The van der Waals surface area contributed by atoms with Crippen molar-refractivity contribution in [3.8, 4) is 5.75 Å². The molecule has 1 amide bonds. The van der Waals surface area contributed by atoms with E-state index in [4.69, 9.17) is 4.74 Å². The summed E-state index contributed by atoms with van der Waals surface area (Å²) in [4.78, 5) is 25.6. The number of ether oxygens (including phenoxy) is 1. The third kappa shape index (κ3) is 4.43. The highest BCUT2D eigenvalue weighted by Crippen LogP contribution is 2.26. The summed E-state index contributed by atoms with van der Waals surface area (Å²) in [6.45, 7) is 1.72. The molecule has 3 aromatic carbocycles. The van der Waals surface area contributed by atoms with E-state index >= 15 is 0 Å². The van der Waals surface area contributed by atoms with Crippen LogP contribution in [-0.2, 0) is 17.6 Å². The highest BCUT2D eigenvalue weighted by molar-refractivity contribution is 6.14. The van der Waals surface area contributed by atoms with Gasteiger partial charge in [0, 0.05) is 11.1 Å². The standard InChI is InChI=1S/C26H25NO3/c1-18(30-22-16-15-19-9-5-6-12-21(19)17-22)26(29)27-24-14-8-7-13-23(24)25(28)20-10-3-2-4-11-20/h2-4,7-8,10-11,13-18H,5-6,9,12H2,1H3,(H,27,29)/t18-/m0/s1. The summed E-state index contributed by atoms with van der Waals surface area (Å²) in [7, 11) is 0. The Morgan fingerprint density at radius 2 is 1.57 bits per heavy atom. The Morgan fingerprint density at radius 1 is 0.867 bits per heavy atom. The summed E-state index contributed by atoms with van der Waals surface area (Å²) < 4.78 is 5.90. The second-order valence-electron chi connectivity index (χ2n) is 7.63. The summed E-state index contributed by atoms with van der Waals surface area (Å²) in [5.41, 5.74) is 4.21. The number of benzene rings is 3. The fourth-order valence-electron chi connectivity index (χ4n) is 3.81. The molecule has 0 aromatic heterocycles. The monoisotopic (exact) mass is 399 g/mol. The highest BCUT2D eigenvalue weighted by atomic mass is 16.5. The van der Waals surface area contributed by atoms with E-state index in [1.165, 1.54) is 24.0 Å². The van der Waals surface area contributed by atoms with Crippen molar-refractivity contribution in [2.75, 3.05) is 5.32 Å². The topological polar surface area (TPSA) is 55.4 Å². The van der Waals surface area contributed by atoms with Gasteiger partial charge in [-0.3, -0.25) is 9.59 Å².